The lowest BCUT2D eigenvalue weighted by molar-refractivity contribution is 0.0683. The molecule has 0 fully saturated rings. The molecule has 100 valence electrons. The quantitative estimate of drug-likeness (QED) is 0.915. The molecule has 1 N–H and O–H groups in total. The summed E-state index contributed by atoms with van der Waals surface area (Å²) in [6, 6.07) is 5.70. The van der Waals surface area contributed by atoms with Crippen LogP contribution in [0.4, 0.5) is 0 Å². The van der Waals surface area contributed by atoms with Crippen LogP contribution in [0.25, 0.3) is 11.5 Å². The summed E-state index contributed by atoms with van der Waals surface area (Å²) in [6.07, 6.45) is 0. The fourth-order valence-corrected chi connectivity index (χ4v) is 1.77. The Morgan fingerprint density at radius 3 is 2.79 bits per heavy atom. The number of aryl methyl sites for hydroxylation is 1. The highest BCUT2D eigenvalue weighted by Gasteiger charge is 2.22. The van der Waals surface area contributed by atoms with Gasteiger partial charge in [-0.3, -0.25) is 0 Å². The molecule has 1 heterocycles. The smallest absolute Gasteiger partial charge is 0.362 e. The maximum Gasteiger partial charge on any atom is 0.362 e. The van der Waals surface area contributed by atoms with Gasteiger partial charge in [-0.2, -0.15) is 4.98 Å². The molecule has 19 heavy (non-hydrogen) atoms. The molecule has 0 aliphatic rings. The van der Waals surface area contributed by atoms with Crippen molar-refractivity contribution in [1.29, 1.82) is 0 Å². The summed E-state index contributed by atoms with van der Waals surface area (Å²) in [7, 11) is 0. The zero-order chi connectivity index (χ0) is 14.0. The minimum atomic E-state index is -1.16. The van der Waals surface area contributed by atoms with E-state index in [9.17, 15) is 4.79 Å². The van der Waals surface area contributed by atoms with E-state index < -0.39 is 5.97 Å². The Labute approximate surface area is 110 Å². The van der Waals surface area contributed by atoms with Crippen LogP contribution < -0.4 is 4.74 Å². The lowest BCUT2D eigenvalue weighted by Gasteiger charge is -2.04. The van der Waals surface area contributed by atoms with Crippen molar-refractivity contribution in [2.24, 2.45) is 0 Å². The zero-order valence-electron chi connectivity index (χ0n) is 11.1. The Balaban J connectivity index is 2.54. The van der Waals surface area contributed by atoms with E-state index in [1.165, 1.54) is 0 Å². The van der Waals surface area contributed by atoms with E-state index in [-0.39, 0.29) is 17.5 Å². The van der Waals surface area contributed by atoms with Gasteiger partial charge < -0.3 is 14.3 Å². The Kier molecular flexibility index (Phi) is 3.55. The molecule has 1 aromatic heterocycles. The maximum absolute atomic E-state index is 11.1. The van der Waals surface area contributed by atoms with Crippen LogP contribution in [-0.2, 0) is 0 Å². The van der Waals surface area contributed by atoms with Gasteiger partial charge in [0.25, 0.3) is 0 Å². The number of nitrogens with zero attached hydrogens (tertiary/aromatic N) is 1. The highest BCUT2D eigenvalue weighted by Crippen LogP contribution is 2.30. The van der Waals surface area contributed by atoms with Gasteiger partial charge in [0.1, 0.15) is 0 Å². The molecule has 0 radical (unpaired) electrons. The predicted molar refractivity (Wildman–Crippen MR) is 69.5 cm³/mol. The van der Waals surface area contributed by atoms with E-state index in [2.05, 4.69) is 4.98 Å². The number of ether oxygens (including phenoxy) is 1. The van der Waals surface area contributed by atoms with E-state index in [1.807, 2.05) is 32.0 Å². The highest BCUT2D eigenvalue weighted by atomic mass is 16.6. The predicted octanol–water partition coefficient (Wildman–Crippen LogP) is 3.06. The van der Waals surface area contributed by atoms with E-state index in [0.717, 1.165) is 16.7 Å². The van der Waals surface area contributed by atoms with E-state index in [1.54, 1.807) is 6.92 Å². The van der Waals surface area contributed by atoms with Crippen LogP contribution in [0.15, 0.2) is 22.6 Å². The molecule has 5 heteroatoms. The minimum Gasteiger partial charge on any atom is -0.476 e. The topological polar surface area (TPSA) is 72.6 Å². The van der Waals surface area contributed by atoms with Crippen molar-refractivity contribution >= 4 is 5.97 Å². The number of carboxylic acids is 1. The van der Waals surface area contributed by atoms with Crippen molar-refractivity contribution < 1.29 is 19.1 Å². The Morgan fingerprint density at radius 2 is 2.16 bits per heavy atom. The van der Waals surface area contributed by atoms with Gasteiger partial charge in [0.05, 0.1) is 6.61 Å². The normalized spacial score (nSPS) is 10.5. The van der Waals surface area contributed by atoms with Gasteiger partial charge in [-0.25, -0.2) is 4.79 Å². The molecule has 0 unspecified atom stereocenters. The van der Waals surface area contributed by atoms with Gasteiger partial charge in [0, 0.05) is 5.56 Å². The third kappa shape index (κ3) is 2.45. The largest absolute Gasteiger partial charge is 0.476 e. The third-order valence-electron chi connectivity index (χ3n) is 2.91. The van der Waals surface area contributed by atoms with Crippen LogP contribution in [-0.4, -0.2) is 22.7 Å². The van der Waals surface area contributed by atoms with Crippen molar-refractivity contribution in [1.82, 2.24) is 4.98 Å². The van der Waals surface area contributed by atoms with Crippen LogP contribution in [0.1, 0.15) is 28.5 Å². The molecule has 1 aromatic carbocycles. The number of carbonyl (C=O) groups is 1. The first-order valence-electron chi connectivity index (χ1n) is 5.98. The number of carboxylic acid groups (broad SMARTS) is 1. The van der Waals surface area contributed by atoms with Crippen molar-refractivity contribution in [3.05, 3.63) is 35.0 Å². The average molecular weight is 261 g/mol. The summed E-state index contributed by atoms with van der Waals surface area (Å²) in [4.78, 5) is 15.1. The summed E-state index contributed by atoms with van der Waals surface area (Å²) in [5.41, 5.74) is 2.67. The van der Waals surface area contributed by atoms with E-state index in [0.29, 0.717) is 6.61 Å². The number of aromatic carboxylic acids is 1. The summed E-state index contributed by atoms with van der Waals surface area (Å²) in [5.74, 6) is -0.947. The number of oxazole rings is 1. The fraction of sp³-hybridized carbons (Fsp3) is 0.286. The van der Waals surface area contributed by atoms with Crippen molar-refractivity contribution in [3.8, 4) is 17.4 Å². The van der Waals surface area contributed by atoms with Crippen LogP contribution >= 0.6 is 0 Å². The molecule has 0 amide bonds. The SMILES string of the molecule is CCOc1oc(-c2cccc(C)c2C)nc1C(=O)O. The maximum atomic E-state index is 11.1. The zero-order valence-corrected chi connectivity index (χ0v) is 11.1. The highest BCUT2D eigenvalue weighted by molar-refractivity contribution is 5.88. The molecule has 0 aliphatic carbocycles. The minimum absolute atomic E-state index is 0.0501. The second kappa shape index (κ2) is 5.14. The molecule has 0 bridgehead atoms. The monoisotopic (exact) mass is 261 g/mol. The number of hydrogen-bond donors (Lipinski definition) is 1. The van der Waals surface area contributed by atoms with Gasteiger partial charge in [0.15, 0.2) is 0 Å². The number of hydrogen-bond acceptors (Lipinski definition) is 4. The van der Waals surface area contributed by atoms with Gasteiger partial charge >= 0.3 is 11.9 Å². The van der Waals surface area contributed by atoms with Gasteiger partial charge in [-0.05, 0) is 38.0 Å². The first-order valence-corrected chi connectivity index (χ1v) is 5.98. The second-order valence-corrected chi connectivity index (χ2v) is 4.14. The molecular weight excluding hydrogens is 246 g/mol. The summed E-state index contributed by atoms with van der Waals surface area (Å²) in [5, 5.41) is 9.07. The standard InChI is InChI=1S/C14H15NO4/c1-4-18-14-11(13(16)17)15-12(19-14)10-7-5-6-8(2)9(10)3/h5-7H,4H2,1-3H3,(H,16,17). The number of aromatic nitrogens is 1. The first kappa shape index (κ1) is 13.1. The van der Waals surface area contributed by atoms with E-state index >= 15 is 0 Å². The van der Waals surface area contributed by atoms with Crippen molar-refractivity contribution in [2.45, 2.75) is 20.8 Å². The fourth-order valence-electron chi connectivity index (χ4n) is 1.77. The lowest BCUT2D eigenvalue weighted by atomic mass is 10.0. The van der Waals surface area contributed by atoms with Gasteiger partial charge in [-0.1, -0.05) is 12.1 Å². The first-order chi connectivity index (χ1) is 9.04. The van der Waals surface area contributed by atoms with Crippen molar-refractivity contribution in [2.75, 3.05) is 6.61 Å². The van der Waals surface area contributed by atoms with Crippen LogP contribution in [0.5, 0.6) is 5.95 Å². The molecule has 0 saturated carbocycles. The van der Waals surface area contributed by atoms with Crippen molar-refractivity contribution in [3.63, 3.8) is 0 Å². The van der Waals surface area contributed by atoms with E-state index in [4.69, 9.17) is 14.3 Å². The molecule has 2 aromatic rings. The number of rotatable bonds is 4. The molecule has 2 rings (SSSR count). The Hall–Kier alpha value is -2.30. The average Bonchev–Trinajstić information content (AvgIpc) is 2.77. The van der Waals surface area contributed by atoms with Gasteiger partial charge in [-0.15, -0.1) is 0 Å². The second-order valence-electron chi connectivity index (χ2n) is 4.14. The van der Waals surface area contributed by atoms with Crippen LogP contribution in [0, 0.1) is 13.8 Å². The number of benzene rings is 1. The Bertz CT molecular complexity index is 616. The Morgan fingerprint density at radius 1 is 1.42 bits per heavy atom. The molecule has 0 atom stereocenters. The van der Waals surface area contributed by atoms with Crippen LogP contribution in [0.2, 0.25) is 0 Å². The van der Waals surface area contributed by atoms with Crippen LogP contribution in [0.3, 0.4) is 0 Å². The summed E-state index contributed by atoms with van der Waals surface area (Å²) >= 11 is 0. The summed E-state index contributed by atoms with van der Waals surface area (Å²) < 4.78 is 10.6. The molecule has 5 nitrogen and oxygen atoms in total. The molecular formula is C14H15NO4. The third-order valence-corrected chi connectivity index (χ3v) is 2.91. The van der Waals surface area contributed by atoms with Gasteiger partial charge in [0.2, 0.25) is 11.6 Å². The lowest BCUT2D eigenvalue weighted by Crippen LogP contribution is -2.01. The summed E-state index contributed by atoms with van der Waals surface area (Å²) in [6.45, 7) is 5.99. The molecule has 0 spiro atoms. The molecule has 0 saturated heterocycles. The molecule has 0 aliphatic heterocycles.